The van der Waals surface area contributed by atoms with E-state index in [1.807, 2.05) is 22.9 Å². The van der Waals surface area contributed by atoms with E-state index >= 15 is 0 Å². The molecule has 0 spiro atoms. The molecule has 0 fully saturated rings. The van der Waals surface area contributed by atoms with Crippen LogP contribution in [-0.2, 0) is 12.3 Å². The van der Waals surface area contributed by atoms with Crippen LogP contribution in [0, 0.1) is 5.92 Å². The van der Waals surface area contributed by atoms with Gasteiger partial charge in [-0.1, -0.05) is 37.2 Å². The standard InChI is InChI=1S/C19H18ClN5OS/c1-12(2)9-25-17(26)15-8-13(20)4-5-16(15)23-19(25)27-11-14-10-24-7-3-6-21-18(24)22-14/h3-8,10,12H,9,11H2,1-2H3. The smallest absolute Gasteiger partial charge is 0.262 e. The van der Waals surface area contributed by atoms with E-state index in [1.54, 1.807) is 29.0 Å². The number of aromatic nitrogens is 5. The van der Waals surface area contributed by atoms with Gasteiger partial charge in [0.25, 0.3) is 5.56 Å². The molecule has 0 radical (unpaired) electrons. The number of halogens is 1. The summed E-state index contributed by atoms with van der Waals surface area (Å²) < 4.78 is 3.62. The Morgan fingerprint density at radius 3 is 2.89 bits per heavy atom. The monoisotopic (exact) mass is 399 g/mol. The summed E-state index contributed by atoms with van der Waals surface area (Å²) in [5, 5.41) is 1.77. The zero-order valence-corrected chi connectivity index (χ0v) is 16.5. The van der Waals surface area contributed by atoms with Crippen LogP contribution in [-0.4, -0.2) is 23.9 Å². The van der Waals surface area contributed by atoms with Crippen LogP contribution in [0.4, 0.5) is 0 Å². The van der Waals surface area contributed by atoms with Gasteiger partial charge in [-0.2, -0.15) is 0 Å². The van der Waals surface area contributed by atoms with Crippen LogP contribution < -0.4 is 5.56 Å². The number of benzene rings is 1. The number of nitrogens with zero attached hydrogens (tertiary/aromatic N) is 5. The fourth-order valence-corrected chi connectivity index (χ4v) is 3.96. The highest BCUT2D eigenvalue weighted by atomic mass is 35.5. The SMILES string of the molecule is CC(C)Cn1c(SCc2cn3cccnc3n2)nc2ccc(Cl)cc2c1=O. The predicted octanol–water partition coefficient (Wildman–Crippen LogP) is 4.04. The van der Waals surface area contributed by atoms with E-state index in [4.69, 9.17) is 16.6 Å². The lowest BCUT2D eigenvalue weighted by atomic mass is 10.2. The summed E-state index contributed by atoms with van der Waals surface area (Å²) in [4.78, 5) is 26.5. The molecule has 6 nitrogen and oxygen atoms in total. The topological polar surface area (TPSA) is 65.1 Å². The normalized spacial score (nSPS) is 11.7. The minimum atomic E-state index is -0.0598. The van der Waals surface area contributed by atoms with Gasteiger partial charge in [0.05, 0.1) is 16.6 Å². The van der Waals surface area contributed by atoms with Crippen molar-refractivity contribution in [1.29, 1.82) is 0 Å². The lowest BCUT2D eigenvalue weighted by Gasteiger charge is -2.14. The van der Waals surface area contributed by atoms with Gasteiger partial charge in [-0.05, 0) is 30.2 Å². The molecule has 0 atom stereocenters. The first kappa shape index (κ1) is 18.0. The summed E-state index contributed by atoms with van der Waals surface area (Å²) in [5.41, 5.74) is 1.49. The molecule has 0 aliphatic heterocycles. The molecule has 4 rings (SSSR count). The number of rotatable bonds is 5. The van der Waals surface area contributed by atoms with Crippen LogP contribution in [0.3, 0.4) is 0 Å². The Morgan fingerprint density at radius 2 is 2.11 bits per heavy atom. The van der Waals surface area contributed by atoms with Gasteiger partial charge in [0.2, 0.25) is 5.78 Å². The third kappa shape index (κ3) is 3.70. The van der Waals surface area contributed by atoms with Gasteiger partial charge in [0.1, 0.15) is 0 Å². The highest BCUT2D eigenvalue weighted by molar-refractivity contribution is 7.98. The molecule has 0 unspecified atom stereocenters. The zero-order chi connectivity index (χ0) is 19.0. The minimum Gasteiger partial charge on any atom is -0.291 e. The highest BCUT2D eigenvalue weighted by Crippen LogP contribution is 2.24. The van der Waals surface area contributed by atoms with E-state index in [9.17, 15) is 4.79 Å². The zero-order valence-electron chi connectivity index (χ0n) is 15.0. The van der Waals surface area contributed by atoms with Crippen molar-refractivity contribution < 1.29 is 0 Å². The molecule has 0 saturated heterocycles. The van der Waals surface area contributed by atoms with E-state index in [0.717, 1.165) is 5.69 Å². The molecular weight excluding hydrogens is 382 g/mol. The number of imidazole rings is 1. The van der Waals surface area contributed by atoms with Crippen LogP contribution >= 0.6 is 23.4 Å². The van der Waals surface area contributed by atoms with Crippen molar-refractivity contribution >= 4 is 40.0 Å². The average molecular weight is 400 g/mol. The predicted molar refractivity (Wildman–Crippen MR) is 108 cm³/mol. The van der Waals surface area contributed by atoms with Crippen LogP contribution in [0.1, 0.15) is 19.5 Å². The first-order valence-electron chi connectivity index (χ1n) is 8.63. The molecule has 0 amide bonds. The maximum atomic E-state index is 13.0. The molecular formula is C19H18ClN5OS. The molecule has 0 bridgehead atoms. The van der Waals surface area contributed by atoms with Crippen molar-refractivity contribution in [2.45, 2.75) is 31.3 Å². The van der Waals surface area contributed by atoms with E-state index < -0.39 is 0 Å². The summed E-state index contributed by atoms with van der Waals surface area (Å²) >= 11 is 7.58. The molecule has 0 aliphatic rings. The van der Waals surface area contributed by atoms with Crippen molar-refractivity contribution in [1.82, 2.24) is 23.9 Å². The molecule has 4 aromatic rings. The summed E-state index contributed by atoms with van der Waals surface area (Å²) in [6, 6.07) is 7.09. The highest BCUT2D eigenvalue weighted by Gasteiger charge is 2.14. The Balaban J connectivity index is 1.72. The molecule has 138 valence electrons. The van der Waals surface area contributed by atoms with Gasteiger partial charge in [0.15, 0.2) is 5.16 Å². The van der Waals surface area contributed by atoms with Crippen molar-refractivity contribution in [2.24, 2.45) is 5.92 Å². The summed E-state index contributed by atoms with van der Waals surface area (Å²) in [5.74, 6) is 1.58. The van der Waals surface area contributed by atoms with Gasteiger partial charge in [-0.25, -0.2) is 15.0 Å². The van der Waals surface area contributed by atoms with Gasteiger partial charge >= 0.3 is 0 Å². The Labute approximate surface area is 165 Å². The fraction of sp³-hybridized carbons (Fsp3) is 0.263. The van der Waals surface area contributed by atoms with Crippen LogP contribution in [0.15, 0.2) is 52.8 Å². The quantitative estimate of drug-likeness (QED) is 0.374. The maximum Gasteiger partial charge on any atom is 0.262 e. The molecule has 3 heterocycles. The van der Waals surface area contributed by atoms with E-state index in [0.29, 0.717) is 45.1 Å². The van der Waals surface area contributed by atoms with Gasteiger partial charge in [0, 0.05) is 35.9 Å². The van der Waals surface area contributed by atoms with Crippen molar-refractivity contribution in [3.05, 3.63) is 63.9 Å². The van der Waals surface area contributed by atoms with Crippen molar-refractivity contribution in [3.63, 3.8) is 0 Å². The molecule has 8 heteroatoms. The van der Waals surface area contributed by atoms with E-state index in [-0.39, 0.29) is 5.56 Å². The van der Waals surface area contributed by atoms with Gasteiger partial charge in [-0.15, -0.1) is 0 Å². The third-order valence-corrected chi connectivity index (χ3v) is 5.31. The van der Waals surface area contributed by atoms with Crippen molar-refractivity contribution in [3.8, 4) is 0 Å². The molecule has 27 heavy (non-hydrogen) atoms. The van der Waals surface area contributed by atoms with Crippen LogP contribution in [0.5, 0.6) is 0 Å². The molecule has 1 aromatic carbocycles. The first-order valence-corrected chi connectivity index (χ1v) is 9.99. The Hall–Kier alpha value is -2.38. The molecule has 3 aromatic heterocycles. The number of hydrogen-bond donors (Lipinski definition) is 0. The number of fused-ring (bicyclic) bond motifs is 2. The van der Waals surface area contributed by atoms with Gasteiger partial charge < -0.3 is 0 Å². The molecule has 0 saturated carbocycles. The summed E-state index contributed by atoms with van der Waals surface area (Å²) in [6.07, 6.45) is 5.58. The van der Waals surface area contributed by atoms with Crippen molar-refractivity contribution in [2.75, 3.05) is 0 Å². The summed E-state index contributed by atoms with van der Waals surface area (Å²) in [7, 11) is 0. The lowest BCUT2D eigenvalue weighted by molar-refractivity contribution is 0.475. The largest absolute Gasteiger partial charge is 0.291 e. The number of hydrogen-bond acceptors (Lipinski definition) is 5. The Kier molecular flexibility index (Phi) is 4.88. The van der Waals surface area contributed by atoms with Gasteiger partial charge in [-0.3, -0.25) is 13.8 Å². The third-order valence-electron chi connectivity index (χ3n) is 4.06. The second-order valence-electron chi connectivity index (χ2n) is 6.71. The molecule has 0 N–H and O–H groups in total. The summed E-state index contributed by atoms with van der Waals surface area (Å²) in [6.45, 7) is 4.76. The molecule has 0 aliphatic carbocycles. The maximum absolute atomic E-state index is 13.0. The Morgan fingerprint density at radius 1 is 1.26 bits per heavy atom. The average Bonchev–Trinajstić information content (AvgIpc) is 3.06. The number of thioether (sulfide) groups is 1. The second kappa shape index (κ2) is 7.32. The Bertz CT molecular complexity index is 1150. The van der Waals surface area contributed by atoms with E-state index in [1.165, 1.54) is 11.8 Å². The van der Waals surface area contributed by atoms with Crippen LogP contribution in [0.2, 0.25) is 5.02 Å². The minimum absolute atomic E-state index is 0.0598. The fourth-order valence-electron chi connectivity index (χ4n) is 2.90. The second-order valence-corrected chi connectivity index (χ2v) is 8.09. The lowest BCUT2D eigenvalue weighted by Crippen LogP contribution is -2.25. The first-order chi connectivity index (χ1) is 13.0. The van der Waals surface area contributed by atoms with E-state index in [2.05, 4.69) is 23.8 Å². The van der Waals surface area contributed by atoms with Crippen LogP contribution in [0.25, 0.3) is 16.7 Å².